The molecule has 0 spiro atoms. The van der Waals surface area contributed by atoms with Crippen molar-refractivity contribution in [3.63, 3.8) is 0 Å². The van der Waals surface area contributed by atoms with Crippen LogP contribution in [0, 0.1) is 13.8 Å². The number of anilines is 2. The van der Waals surface area contributed by atoms with Crippen LogP contribution in [0.2, 0.25) is 0 Å². The van der Waals surface area contributed by atoms with Gasteiger partial charge >= 0.3 is 0 Å². The van der Waals surface area contributed by atoms with Crippen molar-refractivity contribution in [3.05, 3.63) is 81.8 Å². The average Bonchev–Trinajstić information content (AvgIpc) is 3.08. The number of hydrogen-bond acceptors (Lipinski definition) is 4. The molecular formula is C25H25BrN2O4S. The van der Waals surface area contributed by atoms with Gasteiger partial charge in [-0.3, -0.25) is 9.52 Å². The van der Waals surface area contributed by atoms with Crippen molar-refractivity contribution in [1.82, 2.24) is 0 Å². The summed E-state index contributed by atoms with van der Waals surface area (Å²) in [6.45, 7) is 5.58. The molecule has 3 aromatic carbocycles. The Bertz CT molecular complexity index is 1310. The maximum absolute atomic E-state index is 12.9. The van der Waals surface area contributed by atoms with E-state index >= 15 is 0 Å². The van der Waals surface area contributed by atoms with Crippen LogP contribution in [0.25, 0.3) is 0 Å². The van der Waals surface area contributed by atoms with Crippen molar-refractivity contribution in [2.24, 2.45) is 0 Å². The van der Waals surface area contributed by atoms with Crippen LogP contribution in [0.1, 0.15) is 23.6 Å². The summed E-state index contributed by atoms with van der Waals surface area (Å²) < 4.78 is 34.9. The van der Waals surface area contributed by atoms with Gasteiger partial charge in [-0.05, 0) is 86.8 Å². The van der Waals surface area contributed by atoms with Crippen LogP contribution >= 0.6 is 15.9 Å². The molecule has 0 bridgehead atoms. The molecule has 0 saturated carbocycles. The van der Waals surface area contributed by atoms with Crippen LogP contribution in [-0.2, 0) is 21.2 Å². The Kier molecular flexibility index (Phi) is 6.50. The number of carbonyl (C=O) groups excluding carboxylic acids is 1. The van der Waals surface area contributed by atoms with E-state index in [4.69, 9.17) is 4.74 Å². The largest absolute Gasteiger partial charge is 0.483 e. The van der Waals surface area contributed by atoms with E-state index in [1.165, 1.54) is 6.07 Å². The Balaban J connectivity index is 1.45. The maximum atomic E-state index is 12.9. The topological polar surface area (TPSA) is 75.7 Å². The molecule has 4 rings (SSSR count). The molecule has 1 amide bonds. The summed E-state index contributed by atoms with van der Waals surface area (Å²) in [6.07, 6.45) is 0.792. The number of hydrogen-bond donors (Lipinski definition) is 1. The molecule has 1 N–H and O–H groups in total. The van der Waals surface area contributed by atoms with E-state index in [9.17, 15) is 13.2 Å². The van der Waals surface area contributed by atoms with E-state index < -0.39 is 10.0 Å². The zero-order valence-corrected chi connectivity index (χ0v) is 21.0. The molecular weight excluding hydrogens is 504 g/mol. The number of amides is 1. The first-order chi connectivity index (χ1) is 15.6. The first-order valence-electron chi connectivity index (χ1n) is 10.6. The molecule has 6 nitrogen and oxygen atoms in total. The monoisotopic (exact) mass is 528 g/mol. The van der Waals surface area contributed by atoms with Crippen LogP contribution in [0.15, 0.2) is 70.0 Å². The number of carbonyl (C=O) groups is 1. The van der Waals surface area contributed by atoms with Crippen molar-refractivity contribution in [2.45, 2.75) is 38.1 Å². The second kappa shape index (κ2) is 9.19. The molecule has 0 saturated heterocycles. The van der Waals surface area contributed by atoms with E-state index in [-0.39, 0.29) is 23.5 Å². The third kappa shape index (κ3) is 5.07. The molecule has 8 heteroatoms. The molecule has 1 aliphatic rings. The quantitative estimate of drug-likeness (QED) is 0.475. The van der Waals surface area contributed by atoms with Gasteiger partial charge in [-0.25, -0.2) is 8.42 Å². The Morgan fingerprint density at radius 1 is 1.09 bits per heavy atom. The van der Waals surface area contributed by atoms with E-state index in [2.05, 4.69) is 20.7 Å². The number of fused-ring (bicyclic) bond motifs is 1. The highest BCUT2D eigenvalue weighted by Crippen LogP contribution is 2.34. The minimum atomic E-state index is -3.74. The third-order valence-corrected chi connectivity index (χ3v) is 7.51. The molecule has 172 valence electrons. The number of aryl methyl sites for hydroxylation is 2. The molecule has 1 unspecified atom stereocenters. The number of ether oxygens (including phenoxy) is 1. The molecule has 0 aliphatic carbocycles. The van der Waals surface area contributed by atoms with Gasteiger partial charge < -0.3 is 9.64 Å². The maximum Gasteiger partial charge on any atom is 0.265 e. The van der Waals surface area contributed by atoms with Gasteiger partial charge in [0.2, 0.25) is 0 Å². The Morgan fingerprint density at radius 2 is 1.82 bits per heavy atom. The summed E-state index contributed by atoms with van der Waals surface area (Å²) in [5, 5.41) is 0. The number of rotatable bonds is 6. The second-order valence-electron chi connectivity index (χ2n) is 8.28. The van der Waals surface area contributed by atoms with Crippen LogP contribution < -0.4 is 14.4 Å². The van der Waals surface area contributed by atoms with E-state index in [0.717, 1.165) is 27.7 Å². The van der Waals surface area contributed by atoms with Crippen LogP contribution in [0.5, 0.6) is 5.75 Å². The first kappa shape index (κ1) is 23.3. The summed E-state index contributed by atoms with van der Waals surface area (Å²) in [6, 6.07) is 17.7. The number of nitrogens with zero attached hydrogens (tertiary/aromatic N) is 1. The standard InChI is InChI=1S/C25H25BrN2O4S/c1-16-4-7-21(8-5-16)27-33(30,31)22-9-11-24(17(2)12-22)32-15-25(29)28-18(3)13-19-14-20(26)6-10-23(19)28/h4-12,14,18,27H,13,15H2,1-3H3. The minimum absolute atomic E-state index is 0.0480. The normalized spacial score (nSPS) is 15.3. The Hall–Kier alpha value is -2.84. The van der Waals surface area contributed by atoms with Crippen LogP contribution in [-0.4, -0.2) is 27.0 Å². The number of sulfonamides is 1. The first-order valence-corrected chi connectivity index (χ1v) is 12.8. The summed E-state index contributed by atoms with van der Waals surface area (Å²) in [7, 11) is -3.74. The van der Waals surface area contributed by atoms with Crippen molar-refractivity contribution in [1.29, 1.82) is 0 Å². The van der Waals surface area contributed by atoms with Crippen molar-refractivity contribution in [3.8, 4) is 5.75 Å². The van der Waals surface area contributed by atoms with Gasteiger partial charge in [-0.1, -0.05) is 33.6 Å². The summed E-state index contributed by atoms with van der Waals surface area (Å²) >= 11 is 3.48. The fraction of sp³-hybridized carbons (Fsp3) is 0.240. The molecule has 0 radical (unpaired) electrons. The molecule has 1 heterocycles. The van der Waals surface area contributed by atoms with Crippen molar-refractivity contribution >= 4 is 43.2 Å². The molecule has 3 aromatic rings. The third-order valence-electron chi connectivity index (χ3n) is 5.64. The summed E-state index contributed by atoms with van der Waals surface area (Å²) in [4.78, 5) is 14.8. The van der Waals surface area contributed by atoms with Gasteiger partial charge in [-0.15, -0.1) is 0 Å². The highest BCUT2D eigenvalue weighted by Gasteiger charge is 2.31. The molecule has 1 atom stereocenters. The number of nitrogens with one attached hydrogen (secondary N) is 1. The van der Waals surface area contributed by atoms with Crippen molar-refractivity contribution < 1.29 is 17.9 Å². The summed E-state index contributed by atoms with van der Waals surface area (Å²) in [5.74, 6) is 0.334. The number of halogens is 1. The molecule has 1 aliphatic heterocycles. The van der Waals surface area contributed by atoms with Gasteiger partial charge in [-0.2, -0.15) is 0 Å². The number of benzene rings is 3. The lowest BCUT2D eigenvalue weighted by Crippen LogP contribution is -2.39. The smallest absolute Gasteiger partial charge is 0.265 e. The highest BCUT2D eigenvalue weighted by molar-refractivity contribution is 9.10. The zero-order valence-electron chi connectivity index (χ0n) is 18.6. The Morgan fingerprint density at radius 3 is 2.52 bits per heavy atom. The predicted molar refractivity (Wildman–Crippen MR) is 133 cm³/mol. The van der Waals surface area contributed by atoms with Crippen LogP contribution in [0.4, 0.5) is 11.4 Å². The predicted octanol–water partition coefficient (Wildman–Crippen LogP) is 5.22. The van der Waals surface area contributed by atoms with Crippen LogP contribution in [0.3, 0.4) is 0 Å². The SMILES string of the molecule is Cc1ccc(NS(=O)(=O)c2ccc(OCC(=O)N3c4ccc(Br)cc4CC3C)c(C)c2)cc1. The van der Waals surface area contributed by atoms with Gasteiger partial charge in [0.15, 0.2) is 6.61 Å². The van der Waals surface area contributed by atoms with Crippen molar-refractivity contribution in [2.75, 3.05) is 16.2 Å². The fourth-order valence-electron chi connectivity index (χ4n) is 3.98. The lowest BCUT2D eigenvalue weighted by molar-refractivity contribution is -0.120. The fourth-order valence-corrected chi connectivity index (χ4v) is 5.53. The van der Waals surface area contributed by atoms with E-state index in [1.807, 2.05) is 44.2 Å². The summed E-state index contributed by atoms with van der Waals surface area (Å²) in [5.41, 5.74) is 4.20. The lowest BCUT2D eigenvalue weighted by atomic mass is 10.1. The molecule has 0 aromatic heterocycles. The van der Waals surface area contributed by atoms with Gasteiger partial charge in [0.1, 0.15) is 5.75 Å². The Labute approximate surface area is 202 Å². The zero-order chi connectivity index (χ0) is 23.8. The molecule has 33 heavy (non-hydrogen) atoms. The van der Waals surface area contributed by atoms with E-state index in [0.29, 0.717) is 17.0 Å². The van der Waals surface area contributed by atoms with Gasteiger partial charge in [0.05, 0.1) is 4.90 Å². The lowest BCUT2D eigenvalue weighted by Gasteiger charge is -2.23. The average molecular weight is 529 g/mol. The minimum Gasteiger partial charge on any atom is -0.483 e. The van der Waals surface area contributed by atoms with E-state index in [1.54, 1.807) is 36.1 Å². The van der Waals surface area contributed by atoms with Gasteiger partial charge in [0, 0.05) is 21.9 Å². The highest BCUT2D eigenvalue weighted by atomic mass is 79.9. The molecule has 0 fully saturated rings. The second-order valence-corrected chi connectivity index (χ2v) is 10.9. The van der Waals surface area contributed by atoms with Gasteiger partial charge in [0.25, 0.3) is 15.9 Å².